The molecule has 0 aliphatic carbocycles. The summed E-state index contributed by atoms with van der Waals surface area (Å²) in [6.45, 7) is 1.09. The summed E-state index contributed by atoms with van der Waals surface area (Å²) in [6.07, 6.45) is -1.77. The van der Waals surface area contributed by atoms with Gasteiger partial charge in [0.15, 0.2) is 0 Å². The van der Waals surface area contributed by atoms with E-state index >= 15 is 0 Å². The molecular weight excluding hydrogens is 921 g/mol. The van der Waals surface area contributed by atoms with Crippen LogP contribution in [-0.4, -0.2) is 59.4 Å². The topological polar surface area (TPSA) is 131 Å². The zero-order valence-electron chi connectivity index (χ0n) is 12.0. The minimum atomic E-state index is -1.32. The van der Waals surface area contributed by atoms with Crippen LogP contribution in [0.5, 0.6) is 0 Å². The van der Waals surface area contributed by atoms with Crippen LogP contribution in [0.1, 0.15) is 6.92 Å². The standard InChI is InChI=1S/C10H18N4O4.3Ac/c1-5-3-6(13-14-11)8(12-2)10(18-5)9(17)7(16)4-15;;;/h3,6-10,12,15-17H,4H2,1-2H3;;;/t6-,7-,8+,9-,10+;;;/m0.../s1. The predicted molar refractivity (Wildman–Crippen MR) is 63.5 cm³/mol. The molecule has 1 aliphatic rings. The molecule has 0 saturated carbocycles. The molecule has 1 heterocycles. The van der Waals surface area contributed by atoms with Crippen LogP contribution in [0.2, 0.25) is 0 Å². The maximum absolute atomic E-state index is 9.91. The van der Waals surface area contributed by atoms with E-state index in [0.29, 0.717) is 5.76 Å². The molecule has 0 aromatic carbocycles. The first-order valence-corrected chi connectivity index (χ1v) is 5.58. The number of aliphatic hydroxyl groups excluding tert-OH is 3. The van der Waals surface area contributed by atoms with E-state index in [1.54, 1.807) is 20.0 Å². The predicted octanol–water partition coefficient (Wildman–Crippen LogP) is -0.730. The Balaban J connectivity index is -0.00000108. The number of nitrogens with zero attached hydrogens (tertiary/aromatic N) is 3. The van der Waals surface area contributed by atoms with Crippen LogP contribution in [-0.2, 0) is 4.74 Å². The Bertz CT molecular complexity index is 368. The van der Waals surface area contributed by atoms with Crippen molar-refractivity contribution in [2.75, 3.05) is 13.7 Å². The molecule has 0 aromatic heterocycles. The Labute approximate surface area is 231 Å². The number of nitrogens with one attached hydrogen (secondary N) is 1. The number of ether oxygens (including phenoxy) is 1. The molecule has 0 bridgehead atoms. The number of azide groups is 1. The fourth-order valence-electron chi connectivity index (χ4n) is 1.97. The summed E-state index contributed by atoms with van der Waals surface area (Å²) in [6, 6.07) is -1.01. The third-order valence-electron chi connectivity index (χ3n) is 2.89. The molecule has 0 saturated heterocycles. The fraction of sp³-hybridized carbons (Fsp3) is 0.800. The van der Waals surface area contributed by atoms with Gasteiger partial charge in [0.25, 0.3) is 0 Å². The minimum Gasteiger partial charge on any atom is -0.491 e. The third-order valence-corrected chi connectivity index (χ3v) is 2.89. The smallest absolute Gasteiger partial charge is 0.142 e. The van der Waals surface area contributed by atoms with Gasteiger partial charge in [-0.1, -0.05) is 5.11 Å². The second kappa shape index (κ2) is 15.3. The normalized spacial score (nSPS) is 26.3. The van der Waals surface area contributed by atoms with Gasteiger partial charge in [-0.15, -0.1) is 0 Å². The van der Waals surface area contributed by atoms with Gasteiger partial charge in [0.2, 0.25) is 0 Å². The molecule has 5 atom stereocenters. The molecule has 21 heavy (non-hydrogen) atoms. The molecule has 1 rings (SSSR count). The van der Waals surface area contributed by atoms with Crippen LogP contribution < -0.4 is 5.32 Å². The van der Waals surface area contributed by atoms with Crippen LogP contribution in [0, 0.1) is 132 Å². The SMILES string of the molecule is CN[C@H]1[C@H]([C@@H](O)[C@@H](O)CO)OC(C)=C[C@@H]1N=[N+]=[N-].[Ac].[Ac].[Ac]. The van der Waals surface area contributed by atoms with Crippen LogP contribution in [0.3, 0.4) is 0 Å². The zero-order valence-corrected chi connectivity index (χ0v) is 26.2. The van der Waals surface area contributed by atoms with Gasteiger partial charge in [-0.2, -0.15) is 0 Å². The maximum atomic E-state index is 9.91. The van der Waals surface area contributed by atoms with Crippen molar-refractivity contribution in [2.24, 2.45) is 5.11 Å². The van der Waals surface area contributed by atoms with E-state index in [-0.39, 0.29) is 132 Å². The van der Waals surface area contributed by atoms with Crippen LogP contribution in [0.4, 0.5) is 0 Å². The average molecular weight is 939 g/mol. The number of rotatable bonds is 5. The van der Waals surface area contributed by atoms with E-state index < -0.39 is 37.0 Å². The van der Waals surface area contributed by atoms with E-state index in [2.05, 4.69) is 15.3 Å². The summed E-state index contributed by atoms with van der Waals surface area (Å²) in [7, 11) is 1.63. The second-order valence-corrected chi connectivity index (χ2v) is 4.11. The zero-order chi connectivity index (χ0) is 13.7. The first-order chi connectivity index (χ1) is 8.54. The van der Waals surface area contributed by atoms with Crippen LogP contribution in [0.15, 0.2) is 16.9 Å². The molecule has 1 aliphatic heterocycles. The van der Waals surface area contributed by atoms with Crippen LogP contribution >= 0.6 is 0 Å². The summed E-state index contributed by atoms with van der Waals surface area (Å²) in [4.78, 5) is 2.74. The van der Waals surface area contributed by atoms with Gasteiger partial charge in [0.05, 0.1) is 24.4 Å². The van der Waals surface area contributed by atoms with Gasteiger partial charge < -0.3 is 25.4 Å². The summed E-state index contributed by atoms with van der Waals surface area (Å²) in [5.41, 5.74) is 8.51. The van der Waals surface area contributed by atoms with E-state index in [0.717, 1.165) is 0 Å². The van der Waals surface area contributed by atoms with E-state index in [1.165, 1.54) is 0 Å². The Morgan fingerprint density at radius 2 is 2.00 bits per heavy atom. The number of aliphatic hydroxyl groups is 3. The first kappa shape index (κ1) is 28.8. The summed E-state index contributed by atoms with van der Waals surface area (Å²) in [5, 5.41) is 34.7. The van der Waals surface area contributed by atoms with Crippen molar-refractivity contribution in [1.82, 2.24) is 5.32 Å². The Hall–Kier alpha value is 3.01. The average Bonchev–Trinajstić information content (AvgIpc) is 2.36. The fourth-order valence-corrected chi connectivity index (χ4v) is 1.97. The molecule has 8 nitrogen and oxygen atoms in total. The summed E-state index contributed by atoms with van der Waals surface area (Å²) >= 11 is 0. The van der Waals surface area contributed by atoms with Crippen molar-refractivity contribution >= 4 is 0 Å². The van der Waals surface area contributed by atoms with E-state index in [1.807, 2.05) is 0 Å². The maximum Gasteiger partial charge on any atom is 0.142 e. The molecule has 3 radical (unpaired) electrons. The Morgan fingerprint density at radius 3 is 2.43 bits per heavy atom. The van der Waals surface area contributed by atoms with Crippen LogP contribution in [0.25, 0.3) is 10.4 Å². The molecule has 0 fully saturated rings. The second-order valence-electron chi connectivity index (χ2n) is 4.11. The van der Waals surface area contributed by atoms with Crippen molar-refractivity contribution < 1.29 is 152 Å². The largest absolute Gasteiger partial charge is 0.491 e. The third kappa shape index (κ3) is 8.78. The van der Waals surface area contributed by atoms with Crippen molar-refractivity contribution in [2.45, 2.75) is 37.3 Å². The van der Waals surface area contributed by atoms with Gasteiger partial charge >= 0.3 is 0 Å². The molecule has 0 aromatic rings. The quantitative estimate of drug-likeness (QED) is 0.164. The molecule has 11 heteroatoms. The molecule has 0 unspecified atom stereocenters. The van der Waals surface area contributed by atoms with Crippen molar-refractivity contribution in [3.05, 3.63) is 22.3 Å². The van der Waals surface area contributed by atoms with Crippen molar-refractivity contribution in [3.8, 4) is 0 Å². The molecule has 0 amide bonds. The summed E-state index contributed by atoms with van der Waals surface area (Å²) < 4.78 is 5.45. The van der Waals surface area contributed by atoms with Crippen molar-refractivity contribution in [3.63, 3.8) is 0 Å². The monoisotopic (exact) mass is 939 g/mol. The van der Waals surface area contributed by atoms with Gasteiger partial charge in [0, 0.05) is 137 Å². The molecule has 111 valence electrons. The van der Waals surface area contributed by atoms with Gasteiger partial charge in [-0.05, 0) is 25.6 Å². The van der Waals surface area contributed by atoms with Gasteiger partial charge in [-0.25, -0.2) is 0 Å². The van der Waals surface area contributed by atoms with Gasteiger partial charge in [0.1, 0.15) is 18.3 Å². The Morgan fingerprint density at radius 1 is 1.43 bits per heavy atom. The first-order valence-electron chi connectivity index (χ1n) is 5.58. The Kier molecular flexibility index (Phi) is 21.0. The number of hydrogen-bond acceptors (Lipinski definition) is 6. The van der Waals surface area contributed by atoms with E-state index in [9.17, 15) is 10.2 Å². The molecule has 0 spiro atoms. The van der Waals surface area contributed by atoms with Gasteiger partial charge in [-0.3, -0.25) is 0 Å². The molecular formula is C10H18Ac3N4O4. The minimum absolute atomic E-state index is 0. The van der Waals surface area contributed by atoms with E-state index in [4.69, 9.17) is 15.4 Å². The number of likely N-dealkylation sites (N-methyl/N-ethyl adjacent to an activating group) is 1. The van der Waals surface area contributed by atoms with Crippen molar-refractivity contribution in [1.29, 1.82) is 0 Å². The number of hydrogen-bond donors (Lipinski definition) is 4. The summed E-state index contributed by atoms with van der Waals surface area (Å²) in [5.74, 6) is 0.494. The number of allylic oxidation sites excluding steroid dienone is 1. The molecule has 4 N–H and O–H groups in total.